The molecule has 0 amide bonds. The number of nitro benzene ring substituents is 1. The number of rotatable bonds is 7. The van der Waals surface area contributed by atoms with Crippen LogP contribution in [0.1, 0.15) is 39.1 Å². The number of halogens is 1. The first-order chi connectivity index (χ1) is 20.3. The Labute approximate surface area is 247 Å². The van der Waals surface area contributed by atoms with Gasteiger partial charge in [-0.25, -0.2) is 4.79 Å². The lowest BCUT2D eigenvalue weighted by molar-refractivity contribution is -0.384. The van der Waals surface area contributed by atoms with Gasteiger partial charge in [-0.3, -0.25) is 14.9 Å². The van der Waals surface area contributed by atoms with Gasteiger partial charge in [-0.05, 0) is 51.3 Å². The number of cyclic esters (lactones) is 1. The molecule has 2 heterocycles. The van der Waals surface area contributed by atoms with Gasteiger partial charge in [0.05, 0.1) is 48.8 Å². The molecule has 0 radical (unpaired) electrons. The molecule has 0 unspecified atom stereocenters. The molecule has 0 aromatic heterocycles. The zero-order valence-electron chi connectivity index (χ0n) is 22.6. The van der Waals surface area contributed by atoms with Gasteiger partial charge in [0.2, 0.25) is 12.5 Å². The molecule has 6 rings (SSSR count). The summed E-state index contributed by atoms with van der Waals surface area (Å²) in [7, 11) is 4.49. The third-order valence-corrected chi connectivity index (χ3v) is 8.60. The Hall–Kier alpha value is -4.52. The second-order valence-corrected chi connectivity index (χ2v) is 10.6. The fraction of sp³-hybridized carbons (Fsp3) is 0.310. The van der Waals surface area contributed by atoms with Crippen molar-refractivity contribution in [1.82, 2.24) is 0 Å². The second-order valence-electron chi connectivity index (χ2n) is 9.81. The average Bonchev–Trinajstić information content (AvgIpc) is 3.62. The minimum atomic E-state index is -0.935. The molecule has 13 heteroatoms. The summed E-state index contributed by atoms with van der Waals surface area (Å²) in [5.74, 6) is -1.18. The van der Waals surface area contributed by atoms with Crippen LogP contribution in [0.4, 0.5) is 5.69 Å². The molecule has 3 aliphatic rings. The van der Waals surface area contributed by atoms with Crippen molar-refractivity contribution in [3.63, 3.8) is 0 Å². The Kier molecular flexibility index (Phi) is 7.05. The predicted molar refractivity (Wildman–Crippen MR) is 147 cm³/mol. The number of fused-ring (bicyclic) bond motifs is 3. The molecule has 4 atom stereocenters. The average molecular weight is 642 g/mol. The zero-order valence-corrected chi connectivity index (χ0v) is 24.2. The van der Waals surface area contributed by atoms with Crippen molar-refractivity contribution in [3.05, 3.63) is 79.3 Å². The van der Waals surface area contributed by atoms with Gasteiger partial charge in [0.15, 0.2) is 23.0 Å². The summed E-state index contributed by atoms with van der Waals surface area (Å²) in [5.41, 5.74) is 1.64. The van der Waals surface area contributed by atoms with Crippen LogP contribution in [0.5, 0.6) is 28.7 Å². The van der Waals surface area contributed by atoms with Crippen molar-refractivity contribution in [2.45, 2.75) is 12.0 Å². The van der Waals surface area contributed by atoms with E-state index in [1.54, 1.807) is 18.2 Å². The predicted octanol–water partition coefficient (Wildman–Crippen LogP) is 4.94. The van der Waals surface area contributed by atoms with Gasteiger partial charge in [-0.15, -0.1) is 0 Å². The Balaban J connectivity index is 1.52. The van der Waals surface area contributed by atoms with Crippen molar-refractivity contribution in [3.8, 4) is 28.7 Å². The lowest BCUT2D eigenvalue weighted by atomic mass is 9.66. The maximum atomic E-state index is 13.4. The van der Waals surface area contributed by atoms with Gasteiger partial charge < -0.3 is 33.2 Å². The summed E-state index contributed by atoms with van der Waals surface area (Å²) in [6.45, 7) is -0.00733. The second kappa shape index (κ2) is 10.7. The number of nitro groups is 1. The van der Waals surface area contributed by atoms with Gasteiger partial charge in [0, 0.05) is 29.5 Å². The largest absolute Gasteiger partial charge is 0.493 e. The van der Waals surface area contributed by atoms with E-state index in [4.69, 9.17) is 33.2 Å². The number of carbonyl (C=O) groups is 2. The van der Waals surface area contributed by atoms with E-state index >= 15 is 0 Å². The van der Waals surface area contributed by atoms with Crippen LogP contribution in [-0.4, -0.2) is 51.6 Å². The van der Waals surface area contributed by atoms with Gasteiger partial charge in [0.1, 0.15) is 6.10 Å². The summed E-state index contributed by atoms with van der Waals surface area (Å²) in [4.78, 5) is 37.5. The summed E-state index contributed by atoms with van der Waals surface area (Å²) in [5, 5.41) is 11.3. The first kappa shape index (κ1) is 27.6. The molecule has 1 fully saturated rings. The third-order valence-electron chi connectivity index (χ3n) is 7.78. The lowest BCUT2D eigenvalue weighted by Gasteiger charge is -2.39. The number of ether oxygens (including phenoxy) is 7. The fourth-order valence-electron chi connectivity index (χ4n) is 5.93. The zero-order chi connectivity index (χ0) is 29.7. The van der Waals surface area contributed by atoms with Crippen LogP contribution < -0.4 is 23.7 Å². The van der Waals surface area contributed by atoms with Crippen molar-refractivity contribution in [2.75, 3.05) is 34.7 Å². The number of carbonyl (C=O) groups excluding carboxylic acids is 2. The van der Waals surface area contributed by atoms with Gasteiger partial charge >= 0.3 is 11.9 Å². The molecule has 1 aliphatic carbocycles. The first-order valence-corrected chi connectivity index (χ1v) is 13.6. The highest BCUT2D eigenvalue weighted by atomic mass is 79.9. The molecular formula is C29H24BrNO11. The Morgan fingerprint density at radius 1 is 0.952 bits per heavy atom. The van der Waals surface area contributed by atoms with E-state index in [0.29, 0.717) is 49.9 Å². The van der Waals surface area contributed by atoms with E-state index in [9.17, 15) is 19.7 Å². The van der Waals surface area contributed by atoms with Gasteiger partial charge in [-0.2, -0.15) is 0 Å². The lowest BCUT2D eigenvalue weighted by Crippen LogP contribution is -2.36. The van der Waals surface area contributed by atoms with Crippen LogP contribution in [0, 0.1) is 22.0 Å². The number of methoxy groups -OCH3 is 3. The maximum absolute atomic E-state index is 13.4. The summed E-state index contributed by atoms with van der Waals surface area (Å²) < 4.78 is 40.3. The standard InChI is InChI=1S/C29H24BrNO11/c1-36-21-10-17(24(30)27(38-3)26(21)37-2)22-15-8-19-20(41-12-40-19)9-16(15)25(18-11-39-29(33)23(18)22)42-28(32)13-5-4-6-14(7-13)31(34)35/h4-10,18,22-23,25H,11-12H2,1-3H3/t18-,22-,23-,25-/m0/s1. The topological polar surface area (TPSA) is 142 Å². The first-order valence-electron chi connectivity index (χ1n) is 12.8. The molecule has 3 aromatic rings. The number of non-ortho nitro benzene ring substituents is 1. The quantitative estimate of drug-likeness (QED) is 0.196. The van der Waals surface area contributed by atoms with Crippen LogP contribution in [0.25, 0.3) is 0 Å². The number of esters is 2. The molecule has 1 saturated heterocycles. The van der Waals surface area contributed by atoms with Gasteiger partial charge in [-0.1, -0.05) is 6.07 Å². The normalized spacial score (nSPS) is 21.6. The summed E-state index contributed by atoms with van der Waals surface area (Å²) in [6.07, 6.45) is -0.935. The van der Waals surface area contributed by atoms with E-state index in [-0.39, 0.29) is 24.7 Å². The van der Waals surface area contributed by atoms with E-state index in [1.807, 2.05) is 0 Å². The van der Waals surface area contributed by atoms with Crippen LogP contribution in [0.3, 0.4) is 0 Å². The summed E-state index contributed by atoms with van der Waals surface area (Å²) in [6, 6.07) is 10.5. The van der Waals surface area contributed by atoms with Gasteiger partial charge in [0.25, 0.3) is 5.69 Å². The van der Waals surface area contributed by atoms with E-state index in [0.717, 1.165) is 6.07 Å². The smallest absolute Gasteiger partial charge is 0.339 e. The highest BCUT2D eigenvalue weighted by Gasteiger charge is 2.54. The highest BCUT2D eigenvalue weighted by Crippen LogP contribution is 2.58. The van der Waals surface area contributed by atoms with Crippen molar-refractivity contribution in [2.24, 2.45) is 11.8 Å². The maximum Gasteiger partial charge on any atom is 0.339 e. The molecule has 218 valence electrons. The number of nitrogens with zero attached hydrogens (tertiary/aromatic N) is 1. The molecule has 12 nitrogen and oxygen atoms in total. The van der Waals surface area contributed by atoms with Crippen LogP contribution in [0.2, 0.25) is 0 Å². The number of hydrogen-bond acceptors (Lipinski definition) is 11. The Morgan fingerprint density at radius 2 is 1.67 bits per heavy atom. The number of hydrogen-bond donors (Lipinski definition) is 0. The van der Waals surface area contributed by atoms with E-state index < -0.39 is 40.7 Å². The molecule has 0 saturated carbocycles. The molecule has 3 aromatic carbocycles. The SMILES string of the molecule is COc1cc([C@@H]2c3cc4c(cc3[C@H](OC(=O)c3cccc([N+](=O)[O-])c3)[C@H]3COC(=O)[C@H]23)OCO4)c(Br)c(OC)c1OC. The fourth-order valence-corrected chi connectivity index (χ4v) is 6.64. The third kappa shape index (κ3) is 4.35. The number of benzene rings is 3. The highest BCUT2D eigenvalue weighted by molar-refractivity contribution is 9.10. The van der Waals surface area contributed by atoms with Crippen LogP contribution >= 0.6 is 15.9 Å². The Morgan fingerprint density at radius 3 is 2.33 bits per heavy atom. The van der Waals surface area contributed by atoms with Crippen molar-refractivity contribution < 1.29 is 47.7 Å². The minimum Gasteiger partial charge on any atom is -0.493 e. The van der Waals surface area contributed by atoms with E-state index in [2.05, 4.69) is 15.9 Å². The molecule has 0 N–H and O–H groups in total. The Bertz CT molecular complexity index is 1620. The molecule has 0 spiro atoms. The van der Waals surface area contributed by atoms with Crippen molar-refractivity contribution in [1.29, 1.82) is 0 Å². The van der Waals surface area contributed by atoms with Crippen LogP contribution in [-0.2, 0) is 14.3 Å². The van der Waals surface area contributed by atoms with E-state index in [1.165, 1.54) is 39.5 Å². The molecule has 2 aliphatic heterocycles. The van der Waals surface area contributed by atoms with Crippen LogP contribution in [0.15, 0.2) is 46.9 Å². The molecular weight excluding hydrogens is 618 g/mol. The summed E-state index contributed by atoms with van der Waals surface area (Å²) >= 11 is 3.66. The minimum absolute atomic E-state index is 0.00257. The van der Waals surface area contributed by atoms with Crippen molar-refractivity contribution >= 4 is 33.6 Å². The monoisotopic (exact) mass is 641 g/mol. The molecule has 0 bridgehead atoms. The molecule has 42 heavy (non-hydrogen) atoms.